The molecule has 1 aliphatic rings. The predicted octanol–water partition coefficient (Wildman–Crippen LogP) is 4.21. The second-order valence-corrected chi connectivity index (χ2v) is 6.64. The Bertz CT molecular complexity index is 676. The highest BCUT2D eigenvalue weighted by Gasteiger charge is 2.47. The van der Waals surface area contributed by atoms with E-state index < -0.39 is 0 Å². The monoisotopic (exact) mass is 342 g/mol. The SMILES string of the molecule is N#CC1(c2nc(Cl)cs2)CC1.N#CCc1nc(Cl)cs1. The lowest BCUT2D eigenvalue weighted by Gasteiger charge is -1.96. The third-order valence-corrected chi connectivity index (χ3v) is 5.14. The van der Waals surface area contributed by atoms with E-state index >= 15 is 0 Å². The van der Waals surface area contributed by atoms with E-state index in [0.717, 1.165) is 22.9 Å². The van der Waals surface area contributed by atoms with Crippen molar-refractivity contribution >= 4 is 45.9 Å². The molecule has 8 heteroatoms. The molecule has 0 radical (unpaired) electrons. The first-order chi connectivity index (χ1) is 9.59. The van der Waals surface area contributed by atoms with Crippen LogP contribution in [0.3, 0.4) is 0 Å². The summed E-state index contributed by atoms with van der Waals surface area (Å²) in [6.07, 6.45) is 2.23. The summed E-state index contributed by atoms with van der Waals surface area (Å²) in [5, 5.41) is 23.1. The van der Waals surface area contributed by atoms with E-state index in [1.807, 2.05) is 6.07 Å². The van der Waals surface area contributed by atoms with Crippen LogP contribution in [-0.2, 0) is 11.8 Å². The van der Waals surface area contributed by atoms with Crippen LogP contribution in [0.5, 0.6) is 0 Å². The molecule has 0 bridgehead atoms. The van der Waals surface area contributed by atoms with E-state index in [9.17, 15) is 0 Å². The first-order valence-corrected chi connectivity index (χ1v) is 8.11. The number of nitriles is 2. The van der Waals surface area contributed by atoms with E-state index in [2.05, 4.69) is 16.0 Å². The van der Waals surface area contributed by atoms with Gasteiger partial charge >= 0.3 is 0 Å². The quantitative estimate of drug-likeness (QED) is 0.818. The Labute approximate surface area is 134 Å². The van der Waals surface area contributed by atoms with Gasteiger partial charge in [0, 0.05) is 10.8 Å². The highest BCUT2D eigenvalue weighted by Crippen LogP contribution is 2.48. The molecule has 4 nitrogen and oxygen atoms in total. The van der Waals surface area contributed by atoms with Crippen LogP contribution < -0.4 is 0 Å². The first-order valence-electron chi connectivity index (χ1n) is 5.59. The van der Waals surface area contributed by atoms with Crippen LogP contribution in [0.25, 0.3) is 0 Å². The van der Waals surface area contributed by atoms with Crippen LogP contribution in [0.15, 0.2) is 10.8 Å². The van der Waals surface area contributed by atoms with E-state index in [0.29, 0.717) is 16.7 Å². The molecule has 102 valence electrons. The van der Waals surface area contributed by atoms with Crippen LogP contribution in [0.4, 0.5) is 0 Å². The minimum absolute atomic E-state index is 0.266. The van der Waals surface area contributed by atoms with Crippen molar-refractivity contribution in [3.05, 3.63) is 31.1 Å². The third kappa shape index (κ3) is 3.68. The second kappa shape index (κ2) is 6.51. The molecular weight excluding hydrogens is 335 g/mol. The van der Waals surface area contributed by atoms with Gasteiger partial charge in [-0.05, 0) is 12.8 Å². The summed E-state index contributed by atoms with van der Waals surface area (Å²) < 4.78 is 0. The van der Waals surface area contributed by atoms with Gasteiger partial charge in [-0.1, -0.05) is 23.2 Å². The molecule has 0 atom stereocenters. The van der Waals surface area contributed by atoms with Crippen molar-refractivity contribution in [2.75, 3.05) is 0 Å². The van der Waals surface area contributed by atoms with Gasteiger partial charge in [0.2, 0.25) is 0 Å². The van der Waals surface area contributed by atoms with Gasteiger partial charge in [0.1, 0.15) is 25.7 Å². The normalized spacial score (nSPS) is 14.6. The van der Waals surface area contributed by atoms with Crippen LogP contribution in [0.2, 0.25) is 10.3 Å². The Morgan fingerprint density at radius 1 is 1.15 bits per heavy atom. The van der Waals surface area contributed by atoms with Gasteiger partial charge in [-0.25, -0.2) is 9.97 Å². The Hall–Kier alpha value is -1.18. The minimum Gasteiger partial charge on any atom is -0.228 e. The van der Waals surface area contributed by atoms with Gasteiger partial charge in [0.25, 0.3) is 0 Å². The third-order valence-electron chi connectivity index (χ3n) is 2.60. The number of rotatable bonds is 2. The number of nitrogens with zero attached hydrogens (tertiary/aromatic N) is 4. The van der Waals surface area contributed by atoms with Crippen molar-refractivity contribution in [3.63, 3.8) is 0 Å². The maximum absolute atomic E-state index is 8.79. The minimum atomic E-state index is -0.266. The standard InChI is InChI=1S/C7H5ClN2S.C5H3ClN2S/c8-5-3-11-6(10-5)7(4-9)1-2-7;6-4-3-9-5(8-4)1-2-7/h3H,1-2H2;3H,1H2. The number of thiazole rings is 2. The molecule has 0 unspecified atom stereocenters. The molecule has 1 aliphatic carbocycles. The summed E-state index contributed by atoms with van der Waals surface area (Å²) in [5.41, 5.74) is -0.266. The molecule has 0 N–H and O–H groups in total. The summed E-state index contributed by atoms with van der Waals surface area (Å²) in [6.45, 7) is 0. The molecule has 0 aromatic carbocycles. The van der Waals surface area contributed by atoms with E-state index in [1.165, 1.54) is 22.7 Å². The van der Waals surface area contributed by atoms with Gasteiger partial charge in [0.15, 0.2) is 0 Å². The lowest BCUT2D eigenvalue weighted by atomic mass is 10.1. The Morgan fingerprint density at radius 3 is 2.20 bits per heavy atom. The molecule has 1 saturated carbocycles. The average molecular weight is 343 g/mol. The molecule has 0 amide bonds. The maximum Gasteiger partial charge on any atom is 0.140 e. The zero-order chi connectivity index (χ0) is 14.6. The largest absolute Gasteiger partial charge is 0.228 e. The van der Waals surface area contributed by atoms with Crippen LogP contribution in [-0.4, -0.2) is 9.97 Å². The fourth-order valence-corrected chi connectivity index (χ4v) is 3.44. The Balaban J connectivity index is 0.000000151. The number of halogens is 2. The highest BCUT2D eigenvalue weighted by atomic mass is 35.5. The van der Waals surface area contributed by atoms with Crippen LogP contribution in [0, 0.1) is 22.7 Å². The van der Waals surface area contributed by atoms with E-state index in [-0.39, 0.29) is 5.41 Å². The molecule has 3 rings (SSSR count). The van der Waals surface area contributed by atoms with E-state index in [4.69, 9.17) is 33.7 Å². The van der Waals surface area contributed by atoms with Gasteiger partial charge in [0.05, 0.1) is 18.6 Å². The lowest BCUT2D eigenvalue weighted by Crippen LogP contribution is -2.00. The second-order valence-electron chi connectivity index (χ2n) is 4.07. The molecular formula is C12H8Cl2N4S2. The summed E-state index contributed by atoms with van der Waals surface area (Å²) in [4.78, 5) is 7.94. The van der Waals surface area contributed by atoms with Gasteiger partial charge in [-0.15, -0.1) is 22.7 Å². The molecule has 1 fully saturated rings. The van der Waals surface area contributed by atoms with Crippen molar-refractivity contribution in [3.8, 4) is 12.1 Å². The van der Waals surface area contributed by atoms with Crippen molar-refractivity contribution in [2.45, 2.75) is 24.7 Å². The fourth-order valence-electron chi connectivity index (χ4n) is 1.41. The maximum atomic E-state index is 8.79. The van der Waals surface area contributed by atoms with Gasteiger partial charge < -0.3 is 0 Å². The molecule has 2 heterocycles. The van der Waals surface area contributed by atoms with Gasteiger partial charge in [-0.3, -0.25) is 0 Å². The average Bonchev–Trinajstić information content (AvgIpc) is 2.95. The lowest BCUT2D eigenvalue weighted by molar-refractivity contribution is 0.890. The summed E-state index contributed by atoms with van der Waals surface area (Å²) in [7, 11) is 0. The zero-order valence-corrected chi connectivity index (χ0v) is 13.3. The highest BCUT2D eigenvalue weighted by molar-refractivity contribution is 7.10. The molecule has 2 aromatic heterocycles. The molecule has 0 saturated heterocycles. The number of hydrogen-bond acceptors (Lipinski definition) is 6. The fraction of sp³-hybridized carbons (Fsp3) is 0.333. The smallest absolute Gasteiger partial charge is 0.140 e. The van der Waals surface area contributed by atoms with Crippen LogP contribution >= 0.6 is 45.9 Å². The predicted molar refractivity (Wildman–Crippen MR) is 80.1 cm³/mol. The summed E-state index contributed by atoms with van der Waals surface area (Å²) in [5.74, 6) is 0. The van der Waals surface area contributed by atoms with E-state index in [1.54, 1.807) is 10.8 Å². The Kier molecular flexibility index (Phi) is 4.95. The molecule has 20 heavy (non-hydrogen) atoms. The summed E-state index contributed by atoms with van der Waals surface area (Å²) in [6, 6.07) is 4.26. The van der Waals surface area contributed by atoms with Crippen LogP contribution in [0.1, 0.15) is 22.9 Å². The van der Waals surface area contributed by atoms with Crippen molar-refractivity contribution in [1.82, 2.24) is 9.97 Å². The molecule has 0 aliphatic heterocycles. The van der Waals surface area contributed by atoms with Crippen molar-refractivity contribution in [2.24, 2.45) is 0 Å². The zero-order valence-electron chi connectivity index (χ0n) is 10.1. The topological polar surface area (TPSA) is 73.4 Å². The molecule has 0 spiro atoms. The number of hydrogen-bond donors (Lipinski definition) is 0. The number of aromatic nitrogens is 2. The molecule has 2 aromatic rings. The first kappa shape index (κ1) is 15.2. The van der Waals surface area contributed by atoms with Crippen molar-refractivity contribution < 1.29 is 0 Å². The summed E-state index contributed by atoms with van der Waals surface area (Å²) >= 11 is 14.0. The van der Waals surface area contributed by atoms with Gasteiger partial charge in [-0.2, -0.15) is 10.5 Å². The Morgan fingerprint density at radius 2 is 1.80 bits per heavy atom. The van der Waals surface area contributed by atoms with Crippen molar-refractivity contribution in [1.29, 1.82) is 10.5 Å².